The monoisotopic (exact) mass is 366 g/mol. The molecule has 2 aliphatic heterocycles. The Bertz CT molecular complexity index is 436. The summed E-state index contributed by atoms with van der Waals surface area (Å²) in [5.74, 6) is 1.65. The second-order valence-corrected chi connectivity index (χ2v) is 8.10. The Balaban J connectivity index is 1.31. The molecular formula is C20H38N4O2. The van der Waals surface area contributed by atoms with Gasteiger partial charge in [-0.1, -0.05) is 0 Å². The quantitative estimate of drug-likeness (QED) is 0.371. The van der Waals surface area contributed by atoms with Gasteiger partial charge >= 0.3 is 0 Å². The minimum absolute atomic E-state index is 0.521. The van der Waals surface area contributed by atoms with Crippen molar-refractivity contribution in [2.24, 2.45) is 10.9 Å². The summed E-state index contributed by atoms with van der Waals surface area (Å²) in [6.07, 6.45) is 7.26. The fourth-order valence-electron chi connectivity index (χ4n) is 4.11. The molecule has 0 amide bonds. The van der Waals surface area contributed by atoms with Crippen molar-refractivity contribution in [3.8, 4) is 0 Å². The van der Waals surface area contributed by atoms with E-state index in [-0.39, 0.29) is 0 Å². The smallest absolute Gasteiger partial charge is 0.191 e. The van der Waals surface area contributed by atoms with E-state index in [0.717, 1.165) is 77.3 Å². The second kappa shape index (κ2) is 10.5. The van der Waals surface area contributed by atoms with E-state index >= 15 is 0 Å². The molecule has 6 nitrogen and oxygen atoms in total. The molecule has 6 heteroatoms. The summed E-state index contributed by atoms with van der Waals surface area (Å²) in [6, 6.07) is 2.07. The van der Waals surface area contributed by atoms with Gasteiger partial charge in [0.2, 0.25) is 0 Å². The minimum atomic E-state index is 0.521. The predicted molar refractivity (Wildman–Crippen MR) is 106 cm³/mol. The first-order chi connectivity index (χ1) is 12.8. The Morgan fingerprint density at radius 3 is 2.77 bits per heavy atom. The van der Waals surface area contributed by atoms with Gasteiger partial charge in [-0.25, -0.2) is 0 Å². The number of guanidine groups is 1. The molecule has 2 atom stereocenters. The van der Waals surface area contributed by atoms with Crippen molar-refractivity contribution in [1.29, 1.82) is 0 Å². The molecule has 1 aliphatic carbocycles. The highest BCUT2D eigenvalue weighted by Crippen LogP contribution is 2.33. The maximum absolute atomic E-state index is 5.84. The molecule has 3 aliphatic rings. The molecule has 2 unspecified atom stereocenters. The topological polar surface area (TPSA) is 58.1 Å². The van der Waals surface area contributed by atoms with Crippen LogP contribution in [0.2, 0.25) is 0 Å². The Morgan fingerprint density at radius 1 is 1.23 bits per heavy atom. The van der Waals surface area contributed by atoms with Crippen molar-refractivity contribution in [2.75, 3.05) is 46.1 Å². The molecule has 2 N–H and O–H groups in total. The third kappa shape index (κ3) is 6.39. The lowest BCUT2D eigenvalue weighted by Crippen LogP contribution is -2.44. The van der Waals surface area contributed by atoms with Crippen LogP contribution in [0.15, 0.2) is 4.99 Å². The molecule has 3 rings (SSSR count). The van der Waals surface area contributed by atoms with Crippen LogP contribution in [-0.2, 0) is 9.47 Å². The van der Waals surface area contributed by atoms with E-state index < -0.39 is 0 Å². The number of nitrogens with one attached hydrogen (secondary N) is 2. The molecule has 0 radical (unpaired) electrons. The van der Waals surface area contributed by atoms with Crippen LogP contribution < -0.4 is 10.6 Å². The first kappa shape index (κ1) is 19.9. The highest BCUT2D eigenvalue weighted by atomic mass is 16.5. The number of hydrogen-bond donors (Lipinski definition) is 2. The second-order valence-electron chi connectivity index (χ2n) is 8.10. The van der Waals surface area contributed by atoms with E-state index in [1.165, 1.54) is 19.3 Å². The third-order valence-electron chi connectivity index (χ3n) is 5.74. The van der Waals surface area contributed by atoms with E-state index in [2.05, 4.69) is 29.4 Å². The number of aliphatic imine (C=N–C) groups is 1. The van der Waals surface area contributed by atoms with E-state index in [4.69, 9.17) is 14.5 Å². The number of likely N-dealkylation sites (tertiary alicyclic amines) is 1. The first-order valence-electron chi connectivity index (χ1n) is 10.7. The maximum atomic E-state index is 5.84. The average Bonchev–Trinajstić information content (AvgIpc) is 3.42. The van der Waals surface area contributed by atoms with Crippen LogP contribution in [0.1, 0.15) is 52.4 Å². The summed E-state index contributed by atoms with van der Waals surface area (Å²) < 4.78 is 11.2. The van der Waals surface area contributed by atoms with Crippen molar-refractivity contribution >= 4 is 5.96 Å². The van der Waals surface area contributed by atoms with Gasteiger partial charge in [-0.3, -0.25) is 9.89 Å². The van der Waals surface area contributed by atoms with Crippen LogP contribution >= 0.6 is 0 Å². The highest BCUT2D eigenvalue weighted by Gasteiger charge is 2.38. The molecule has 0 aromatic heterocycles. The molecule has 3 fully saturated rings. The van der Waals surface area contributed by atoms with Crippen LogP contribution in [0.3, 0.4) is 0 Å². The van der Waals surface area contributed by atoms with Gasteiger partial charge in [0.1, 0.15) is 0 Å². The third-order valence-corrected chi connectivity index (χ3v) is 5.74. The zero-order chi connectivity index (χ0) is 18.2. The average molecular weight is 367 g/mol. The number of nitrogens with zero attached hydrogens (tertiary/aromatic N) is 2. The summed E-state index contributed by atoms with van der Waals surface area (Å²) in [7, 11) is 0. The van der Waals surface area contributed by atoms with Gasteiger partial charge in [-0.15, -0.1) is 0 Å². The fourth-order valence-corrected chi connectivity index (χ4v) is 4.11. The molecule has 0 aromatic carbocycles. The summed E-state index contributed by atoms with van der Waals surface area (Å²) in [6.45, 7) is 10.8. The van der Waals surface area contributed by atoms with Crippen LogP contribution in [0.25, 0.3) is 0 Å². The normalized spacial score (nSPS) is 28.5. The van der Waals surface area contributed by atoms with E-state index in [9.17, 15) is 0 Å². The number of ether oxygens (including phenoxy) is 2. The summed E-state index contributed by atoms with van der Waals surface area (Å²) in [4.78, 5) is 7.42. The van der Waals surface area contributed by atoms with Gasteiger partial charge in [-0.05, 0) is 58.3 Å². The fraction of sp³-hybridized carbons (Fsp3) is 0.950. The first-order valence-corrected chi connectivity index (χ1v) is 10.7. The maximum Gasteiger partial charge on any atom is 0.191 e. The molecule has 0 bridgehead atoms. The molecule has 150 valence electrons. The Labute approximate surface area is 159 Å². The van der Waals surface area contributed by atoms with Gasteiger partial charge in [0.25, 0.3) is 0 Å². The molecule has 2 saturated heterocycles. The molecule has 0 aromatic rings. The van der Waals surface area contributed by atoms with E-state index in [1.807, 2.05) is 0 Å². The van der Waals surface area contributed by atoms with E-state index in [1.54, 1.807) is 0 Å². The van der Waals surface area contributed by atoms with Gasteiger partial charge in [-0.2, -0.15) is 0 Å². The standard InChI is InChI=1S/C20H38N4O2/c1-3-21-20(23-18-13-16(2)24(14-18)19-5-6-19)22-9-4-10-26-15-17-7-11-25-12-8-17/h16-19H,3-15H2,1-2H3,(H2,21,22,23). The van der Waals surface area contributed by atoms with E-state index in [0.29, 0.717) is 18.0 Å². The molecule has 2 heterocycles. The van der Waals surface area contributed by atoms with Gasteiger partial charge in [0, 0.05) is 64.2 Å². The van der Waals surface area contributed by atoms with Crippen molar-refractivity contribution < 1.29 is 9.47 Å². The van der Waals surface area contributed by atoms with Crippen molar-refractivity contribution in [1.82, 2.24) is 15.5 Å². The zero-order valence-corrected chi connectivity index (χ0v) is 16.7. The van der Waals surface area contributed by atoms with Crippen molar-refractivity contribution in [3.05, 3.63) is 0 Å². The number of rotatable bonds is 9. The van der Waals surface area contributed by atoms with Gasteiger partial charge in [0.15, 0.2) is 5.96 Å². The lowest BCUT2D eigenvalue weighted by Gasteiger charge is -2.21. The van der Waals surface area contributed by atoms with Crippen LogP contribution in [0, 0.1) is 5.92 Å². The van der Waals surface area contributed by atoms with Gasteiger partial charge < -0.3 is 20.1 Å². The Hall–Kier alpha value is -0.850. The molecule has 0 spiro atoms. The molecular weight excluding hydrogens is 328 g/mol. The van der Waals surface area contributed by atoms with Crippen LogP contribution in [-0.4, -0.2) is 75.0 Å². The molecule has 26 heavy (non-hydrogen) atoms. The zero-order valence-electron chi connectivity index (χ0n) is 16.7. The van der Waals surface area contributed by atoms with Crippen molar-refractivity contribution in [2.45, 2.75) is 70.5 Å². The highest BCUT2D eigenvalue weighted by molar-refractivity contribution is 5.80. The lowest BCUT2D eigenvalue weighted by molar-refractivity contribution is 0.0205. The summed E-state index contributed by atoms with van der Waals surface area (Å²) in [5.41, 5.74) is 0. The van der Waals surface area contributed by atoms with Crippen molar-refractivity contribution in [3.63, 3.8) is 0 Å². The minimum Gasteiger partial charge on any atom is -0.381 e. The largest absolute Gasteiger partial charge is 0.381 e. The number of hydrogen-bond acceptors (Lipinski definition) is 4. The van der Waals surface area contributed by atoms with Crippen LogP contribution in [0.4, 0.5) is 0 Å². The Kier molecular flexibility index (Phi) is 8.02. The summed E-state index contributed by atoms with van der Waals surface area (Å²) >= 11 is 0. The summed E-state index contributed by atoms with van der Waals surface area (Å²) in [5, 5.41) is 7.04. The molecule has 1 saturated carbocycles. The van der Waals surface area contributed by atoms with Gasteiger partial charge in [0.05, 0.1) is 0 Å². The lowest BCUT2D eigenvalue weighted by atomic mass is 10.0. The predicted octanol–water partition coefficient (Wildman–Crippen LogP) is 2.00. The Morgan fingerprint density at radius 2 is 2.04 bits per heavy atom. The SMILES string of the molecule is CCNC(=NCCCOCC1CCOCC1)NC1CC(C)N(C2CC2)C1. The van der Waals surface area contributed by atoms with Crippen LogP contribution in [0.5, 0.6) is 0 Å².